The van der Waals surface area contributed by atoms with Gasteiger partial charge in [0.1, 0.15) is 5.82 Å². The summed E-state index contributed by atoms with van der Waals surface area (Å²) in [6.45, 7) is 6.22. The lowest BCUT2D eigenvalue weighted by Gasteiger charge is -2.34. The van der Waals surface area contributed by atoms with E-state index in [1.807, 2.05) is 13.8 Å². The zero-order valence-corrected chi connectivity index (χ0v) is 10.8. The molecule has 1 unspecified atom stereocenters. The summed E-state index contributed by atoms with van der Waals surface area (Å²) in [6, 6.07) is 6.21. The van der Waals surface area contributed by atoms with Crippen LogP contribution in [0.1, 0.15) is 13.8 Å². The topological polar surface area (TPSA) is 32.3 Å². The van der Waals surface area contributed by atoms with Crippen LogP contribution in [0, 0.1) is 17.7 Å². The first-order chi connectivity index (χ1) is 8.63. The predicted octanol–water partition coefficient (Wildman–Crippen LogP) is 2.03. The Labute approximate surface area is 107 Å². The van der Waals surface area contributed by atoms with Crippen LogP contribution >= 0.6 is 0 Å². The average molecular weight is 250 g/mol. The van der Waals surface area contributed by atoms with Crippen LogP contribution in [0.2, 0.25) is 0 Å². The lowest BCUT2D eigenvalue weighted by Crippen LogP contribution is -2.50. The van der Waals surface area contributed by atoms with Crippen molar-refractivity contribution in [2.75, 3.05) is 24.5 Å². The first-order valence-corrected chi connectivity index (χ1v) is 6.41. The van der Waals surface area contributed by atoms with Crippen molar-refractivity contribution in [2.24, 2.45) is 11.8 Å². The van der Waals surface area contributed by atoms with Gasteiger partial charge in [-0.1, -0.05) is 13.0 Å². The molecule has 18 heavy (non-hydrogen) atoms. The Balaban J connectivity index is 2.14. The fourth-order valence-electron chi connectivity index (χ4n) is 2.22. The van der Waals surface area contributed by atoms with E-state index in [1.165, 1.54) is 12.1 Å². The number of carbonyl (C=O) groups excluding carboxylic acids is 1. The second kappa shape index (κ2) is 5.48. The number of benzene rings is 1. The van der Waals surface area contributed by atoms with Gasteiger partial charge in [0, 0.05) is 18.2 Å². The summed E-state index contributed by atoms with van der Waals surface area (Å²) < 4.78 is 13.2. The van der Waals surface area contributed by atoms with Gasteiger partial charge in [-0.2, -0.15) is 0 Å². The number of carbonyl (C=O) groups is 1. The molecule has 1 N–H and O–H groups in total. The molecule has 1 aliphatic rings. The van der Waals surface area contributed by atoms with Crippen LogP contribution in [0.25, 0.3) is 0 Å². The number of amides is 1. The Morgan fingerprint density at radius 3 is 2.78 bits per heavy atom. The highest BCUT2D eigenvalue weighted by Gasteiger charge is 2.31. The molecule has 1 amide bonds. The van der Waals surface area contributed by atoms with Crippen molar-refractivity contribution in [1.82, 2.24) is 5.32 Å². The second-order valence-electron chi connectivity index (χ2n) is 4.77. The van der Waals surface area contributed by atoms with Gasteiger partial charge in [0.25, 0.3) is 0 Å². The molecule has 4 heteroatoms. The minimum absolute atomic E-state index is 0.0190. The fraction of sp³-hybridized carbons (Fsp3) is 0.500. The maximum atomic E-state index is 13.2. The van der Waals surface area contributed by atoms with Gasteiger partial charge in [-0.05, 0) is 44.1 Å². The summed E-state index contributed by atoms with van der Waals surface area (Å²) in [6.07, 6.45) is 0. The van der Waals surface area contributed by atoms with E-state index in [1.54, 1.807) is 17.0 Å². The lowest BCUT2D eigenvalue weighted by molar-refractivity contribution is -0.124. The maximum absolute atomic E-state index is 13.2. The first-order valence-electron chi connectivity index (χ1n) is 6.41. The Morgan fingerprint density at radius 2 is 2.28 bits per heavy atom. The fourth-order valence-corrected chi connectivity index (χ4v) is 2.22. The van der Waals surface area contributed by atoms with Crippen LogP contribution in [0.5, 0.6) is 0 Å². The standard InChI is InChI=1S/C14H19FN2O/c1-3-17(13-6-4-5-12(15)7-13)14(18)10(2)11-8-16-9-11/h4-7,10-11,16H,3,8-9H2,1-2H3. The van der Waals surface area contributed by atoms with Crippen molar-refractivity contribution in [3.63, 3.8) is 0 Å². The second-order valence-corrected chi connectivity index (χ2v) is 4.77. The van der Waals surface area contributed by atoms with Gasteiger partial charge >= 0.3 is 0 Å². The summed E-state index contributed by atoms with van der Waals surface area (Å²) >= 11 is 0. The highest BCUT2D eigenvalue weighted by atomic mass is 19.1. The van der Waals surface area contributed by atoms with E-state index in [9.17, 15) is 9.18 Å². The number of rotatable bonds is 4. The van der Waals surface area contributed by atoms with Gasteiger partial charge in [0.05, 0.1) is 0 Å². The highest BCUT2D eigenvalue weighted by Crippen LogP contribution is 2.23. The Bertz CT molecular complexity index is 432. The van der Waals surface area contributed by atoms with E-state index in [4.69, 9.17) is 0 Å². The van der Waals surface area contributed by atoms with Crippen LogP contribution in [0.4, 0.5) is 10.1 Å². The molecule has 0 aliphatic carbocycles. The number of nitrogens with one attached hydrogen (secondary N) is 1. The smallest absolute Gasteiger partial charge is 0.230 e. The monoisotopic (exact) mass is 250 g/mol. The highest BCUT2D eigenvalue weighted by molar-refractivity contribution is 5.95. The van der Waals surface area contributed by atoms with E-state index in [0.717, 1.165) is 13.1 Å². The van der Waals surface area contributed by atoms with Crippen LogP contribution < -0.4 is 10.2 Å². The molecule has 0 aromatic heterocycles. The van der Waals surface area contributed by atoms with Crippen LogP contribution in [0.15, 0.2) is 24.3 Å². The van der Waals surface area contributed by atoms with E-state index in [2.05, 4.69) is 5.32 Å². The summed E-state index contributed by atoms with van der Waals surface area (Å²) in [4.78, 5) is 14.1. The normalized spacial score (nSPS) is 17.1. The number of anilines is 1. The zero-order valence-electron chi connectivity index (χ0n) is 10.8. The minimum atomic E-state index is -0.309. The minimum Gasteiger partial charge on any atom is -0.316 e. The van der Waals surface area contributed by atoms with E-state index in [-0.39, 0.29) is 17.6 Å². The Morgan fingerprint density at radius 1 is 1.56 bits per heavy atom. The average Bonchev–Trinajstić information content (AvgIpc) is 2.27. The lowest BCUT2D eigenvalue weighted by atomic mass is 9.88. The van der Waals surface area contributed by atoms with Gasteiger partial charge < -0.3 is 10.2 Å². The van der Waals surface area contributed by atoms with Crippen molar-refractivity contribution < 1.29 is 9.18 Å². The van der Waals surface area contributed by atoms with Crippen molar-refractivity contribution >= 4 is 11.6 Å². The zero-order chi connectivity index (χ0) is 13.1. The van der Waals surface area contributed by atoms with E-state index < -0.39 is 0 Å². The molecule has 1 aromatic carbocycles. The summed E-state index contributed by atoms with van der Waals surface area (Å²) in [7, 11) is 0. The SMILES string of the molecule is CCN(C(=O)C(C)C1CNC1)c1cccc(F)c1. The molecular weight excluding hydrogens is 231 g/mol. The molecule has 1 heterocycles. The van der Waals surface area contributed by atoms with Gasteiger partial charge in [-0.15, -0.1) is 0 Å². The molecule has 0 radical (unpaired) electrons. The third-order valence-corrected chi connectivity index (χ3v) is 3.61. The quantitative estimate of drug-likeness (QED) is 0.887. The Kier molecular flexibility index (Phi) is 3.97. The summed E-state index contributed by atoms with van der Waals surface area (Å²) in [5.41, 5.74) is 0.640. The Hall–Kier alpha value is -1.42. The molecule has 1 aromatic rings. The van der Waals surface area contributed by atoms with Crippen molar-refractivity contribution in [2.45, 2.75) is 13.8 Å². The van der Waals surface area contributed by atoms with Gasteiger partial charge in [0.2, 0.25) is 5.91 Å². The van der Waals surface area contributed by atoms with Gasteiger partial charge in [-0.3, -0.25) is 4.79 Å². The molecule has 1 saturated heterocycles. The van der Waals surface area contributed by atoms with Crippen molar-refractivity contribution in [3.8, 4) is 0 Å². The molecule has 0 spiro atoms. The first kappa shape index (κ1) is 13.0. The predicted molar refractivity (Wildman–Crippen MR) is 70.0 cm³/mol. The van der Waals surface area contributed by atoms with Gasteiger partial charge in [-0.25, -0.2) is 4.39 Å². The number of hydrogen-bond acceptors (Lipinski definition) is 2. The van der Waals surface area contributed by atoms with Crippen LogP contribution in [-0.2, 0) is 4.79 Å². The van der Waals surface area contributed by atoms with Crippen LogP contribution in [-0.4, -0.2) is 25.5 Å². The molecule has 3 nitrogen and oxygen atoms in total. The largest absolute Gasteiger partial charge is 0.316 e. The molecule has 0 saturated carbocycles. The number of halogens is 1. The number of nitrogens with zero attached hydrogens (tertiary/aromatic N) is 1. The van der Waals surface area contributed by atoms with Gasteiger partial charge in [0.15, 0.2) is 0 Å². The van der Waals surface area contributed by atoms with Crippen molar-refractivity contribution in [3.05, 3.63) is 30.1 Å². The summed E-state index contributed by atoms with van der Waals surface area (Å²) in [5, 5.41) is 3.17. The van der Waals surface area contributed by atoms with E-state index in [0.29, 0.717) is 18.2 Å². The van der Waals surface area contributed by atoms with Crippen molar-refractivity contribution in [1.29, 1.82) is 0 Å². The molecule has 1 atom stereocenters. The van der Waals surface area contributed by atoms with E-state index >= 15 is 0 Å². The van der Waals surface area contributed by atoms with Crippen LogP contribution in [0.3, 0.4) is 0 Å². The molecule has 98 valence electrons. The third kappa shape index (κ3) is 2.53. The molecule has 1 fully saturated rings. The third-order valence-electron chi connectivity index (χ3n) is 3.61. The number of hydrogen-bond donors (Lipinski definition) is 1. The summed E-state index contributed by atoms with van der Waals surface area (Å²) in [5.74, 6) is 0.154. The molecule has 1 aliphatic heterocycles. The molecule has 2 rings (SSSR count). The molecular formula is C14H19FN2O. The molecule has 0 bridgehead atoms. The maximum Gasteiger partial charge on any atom is 0.230 e.